The first kappa shape index (κ1) is 29.6. The van der Waals surface area contributed by atoms with Crippen molar-refractivity contribution in [3.8, 4) is 0 Å². The number of hydrogen-bond donors (Lipinski definition) is 4. The van der Waals surface area contributed by atoms with Crippen LogP contribution in [0.2, 0.25) is 0 Å². The smallest absolute Gasteiger partial charge is 0.294 e. The lowest BCUT2D eigenvalue weighted by Crippen LogP contribution is -2.65. The van der Waals surface area contributed by atoms with Crippen LogP contribution in [0, 0.1) is 30.4 Å². The van der Waals surface area contributed by atoms with Crippen molar-refractivity contribution in [3.05, 3.63) is 64.0 Å². The molecule has 2 unspecified atom stereocenters. The molecule has 230 valence electrons. The minimum absolute atomic E-state index is 0.0120. The number of benzene rings is 1. The maximum absolute atomic E-state index is 14.4. The Balaban J connectivity index is 1.32. The summed E-state index contributed by atoms with van der Waals surface area (Å²) in [4.78, 5) is 41.0. The number of carbonyl (C=O) groups is 3. The van der Waals surface area contributed by atoms with Crippen LogP contribution < -0.4 is 21.7 Å². The fourth-order valence-corrected chi connectivity index (χ4v) is 7.40. The van der Waals surface area contributed by atoms with Crippen LogP contribution in [-0.4, -0.2) is 46.2 Å². The van der Waals surface area contributed by atoms with Gasteiger partial charge in [-0.25, -0.2) is 17.6 Å². The van der Waals surface area contributed by atoms with Crippen LogP contribution in [-0.2, 0) is 16.9 Å². The van der Waals surface area contributed by atoms with Gasteiger partial charge in [0.25, 0.3) is 23.5 Å². The van der Waals surface area contributed by atoms with Crippen molar-refractivity contribution in [2.24, 2.45) is 17.6 Å². The topological polar surface area (TPSA) is 118 Å². The highest BCUT2D eigenvalue weighted by atomic mass is 19.3. The molecule has 5 N–H and O–H groups in total. The van der Waals surface area contributed by atoms with Crippen LogP contribution in [0.15, 0.2) is 29.8 Å². The summed E-state index contributed by atoms with van der Waals surface area (Å²) >= 11 is 0. The standard InChI is InChI=1S/C31H35F4N5O3/c1-4-18-5-7-20(15(2)12-37-18)29(13-30(34,35)14-29)39-28(43)26(41)25-16(3)24(23-9-17-11-31(17,36)40(23)25)27(42)38-19-6-8-21(32)22(33)10-19/h6-8,10,15,17-18,37H,4-5,9,11-14,36H2,1-3H3,(H,38,42)(H,39,43)/t15?,17-,18?,31+/m1/s1. The van der Waals surface area contributed by atoms with Gasteiger partial charge in [0, 0.05) is 48.8 Å². The lowest BCUT2D eigenvalue weighted by atomic mass is 9.65. The van der Waals surface area contributed by atoms with Gasteiger partial charge in [-0.3, -0.25) is 14.4 Å². The van der Waals surface area contributed by atoms with Gasteiger partial charge in [0.15, 0.2) is 11.6 Å². The second-order valence-corrected chi connectivity index (χ2v) is 12.7. The first-order valence-electron chi connectivity index (χ1n) is 14.7. The van der Waals surface area contributed by atoms with E-state index in [4.69, 9.17) is 5.73 Å². The highest BCUT2D eigenvalue weighted by molar-refractivity contribution is 6.43. The van der Waals surface area contributed by atoms with Crippen LogP contribution in [0.3, 0.4) is 0 Å². The number of nitrogens with one attached hydrogen (secondary N) is 3. The molecule has 4 aliphatic rings. The van der Waals surface area contributed by atoms with E-state index in [0.29, 0.717) is 37.1 Å². The van der Waals surface area contributed by atoms with E-state index in [1.165, 1.54) is 13.0 Å². The number of alkyl halides is 2. The molecule has 2 amide bonds. The largest absolute Gasteiger partial charge is 0.339 e. The Morgan fingerprint density at radius 3 is 2.53 bits per heavy atom. The quantitative estimate of drug-likeness (QED) is 0.163. The van der Waals surface area contributed by atoms with Crippen LogP contribution in [0.5, 0.6) is 0 Å². The maximum Gasteiger partial charge on any atom is 0.294 e. The number of amides is 2. The third-order valence-electron chi connectivity index (χ3n) is 9.70. The lowest BCUT2D eigenvalue weighted by Gasteiger charge is -2.50. The number of nitrogens with zero attached hydrogens (tertiary/aromatic N) is 1. The zero-order valence-corrected chi connectivity index (χ0v) is 24.3. The minimum atomic E-state index is -2.99. The SMILES string of the molecule is CCC1CC=C(C2(NC(=O)C(=O)c3c(C)c(C(=O)Nc4ccc(F)c(F)c4)c4n3[C@@]3(N)C[C@H]3C4)CC(F)(F)C2)C(C)CN1. The van der Waals surface area contributed by atoms with Crippen LogP contribution in [0.25, 0.3) is 0 Å². The van der Waals surface area contributed by atoms with Gasteiger partial charge >= 0.3 is 0 Å². The third-order valence-corrected chi connectivity index (χ3v) is 9.70. The summed E-state index contributed by atoms with van der Waals surface area (Å²) in [6, 6.07) is 3.12. The fourth-order valence-electron chi connectivity index (χ4n) is 7.40. The Morgan fingerprint density at radius 2 is 1.88 bits per heavy atom. The van der Waals surface area contributed by atoms with E-state index in [-0.39, 0.29) is 40.4 Å². The van der Waals surface area contributed by atoms with Crippen molar-refractivity contribution in [1.82, 2.24) is 15.2 Å². The average Bonchev–Trinajstić information content (AvgIpc) is 3.43. The number of anilines is 1. The predicted molar refractivity (Wildman–Crippen MR) is 151 cm³/mol. The summed E-state index contributed by atoms with van der Waals surface area (Å²) in [5.74, 6) is -8.06. The Labute approximate surface area is 246 Å². The molecule has 1 aromatic carbocycles. The van der Waals surface area contributed by atoms with Gasteiger partial charge in [-0.2, -0.15) is 0 Å². The summed E-state index contributed by atoms with van der Waals surface area (Å²) in [5.41, 5.74) is 5.69. The summed E-state index contributed by atoms with van der Waals surface area (Å²) in [5, 5.41) is 8.66. The molecule has 43 heavy (non-hydrogen) atoms. The summed E-state index contributed by atoms with van der Waals surface area (Å²) < 4.78 is 57.6. The number of Topliss-reactive ketones (excluding diaryl/α,β-unsaturated/α-hetero) is 1. The number of hydrogen-bond acceptors (Lipinski definition) is 5. The van der Waals surface area contributed by atoms with Gasteiger partial charge in [0.1, 0.15) is 5.69 Å². The van der Waals surface area contributed by atoms with Crippen LogP contribution >= 0.6 is 0 Å². The van der Waals surface area contributed by atoms with E-state index < -0.39 is 59.2 Å². The van der Waals surface area contributed by atoms with Gasteiger partial charge in [0.2, 0.25) is 0 Å². The molecule has 4 atom stereocenters. The van der Waals surface area contributed by atoms with Gasteiger partial charge in [-0.15, -0.1) is 0 Å². The molecule has 2 aliphatic heterocycles. The normalized spacial score (nSPS) is 28.1. The molecule has 2 aliphatic carbocycles. The number of fused-ring (bicyclic) bond motifs is 3. The number of nitrogens with two attached hydrogens (primary N) is 1. The van der Waals surface area contributed by atoms with E-state index in [2.05, 4.69) is 16.0 Å². The van der Waals surface area contributed by atoms with E-state index in [0.717, 1.165) is 18.6 Å². The van der Waals surface area contributed by atoms with Crippen molar-refractivity contribution in [1.29, 1.82) is 0 Å². The zero-order chi connectivity index (χ0) is 31.1. The molecule has 0 radical (unpaired) electrons. The van der Waals surface area contributed by atoms with Gasteiger partial charge < -0.3 is 26.3 Å². The van der Waals surface area contributed by atoms with Gasteiger partial charge in [0.05, 0.1) is 16.8 Å². The molecular formula is C31H35F4N5O3. The molecule has 12 heteroatoms. The number of rotatable bonds is 7. The highest BCUT2D eigenvalue weighted by Crippen LogP contribution is 2.56. The molecule has 0 spiro atoms. The van der Waals surface area contributed by atoms with Crippen molar-refractivity contribution in [2.75, 3.05) is 11.9 Å². The summed E-state index contributed by atoms with van der Waals surface area (Å²) in [7, 11) is 0. The molecule has 2 aromatic rings. The number of halogens is 4. The molecule has 2 fully saturated rings. The van der Waals surface area contributed by atoms with E-state index in [9.17, 15) is 31.9 Å². The Bertz CT molecular complexity index is 1580. The lowest BCUT2D eigenvalue weighted by molar-refractivity contribution is -0.138. The second-order valence-electron chi connectivity index (χ2n) is 12.7. The average molecular weight is 602 g/mol. The Kier molecular flexibility index (Phi) is 6.89. The first-order valence-corrected chi connectivity index (χ1v) is 14.7. The monoisotopic (exact) mass is 601 g/mol. The molecule has 3 heterocycles. The summed E-state index contributed by atoms with van der Waals surface area (Å²) in [6.07, 6.45) is 3.11. The molecular weight excluding hydrogens is 566 g/mol. The first-order chi connectivity index (χ1) is 20.2. The molecule has 6 rings (SSSR count). The van der Waals surface area contributed by atoms with E-state index in [1.54, 1.807) is 4.57 Å². The van der Waals surface area contributed by atoms with Crippen LogP contribution in [0.1, 0.15) is 78.1 Å². The predicted octanol–water partition coefficient (Wildman–Crippen LogP) is 4.32. The molecule has 0 bridgehead atoms. The molecule has 2 saturated carbocycles. The Morgan fingerprint density at radius 1 is 1.16 bits per heavy atom. The van der Waals surface area contributed by atoms with Crippen molar-refractivity contribution < 1.29 is 31.9 Å². The molecule has 0 saturated heterocycles. The number of carbonyl (C=O) groups excluding carboxylic acids is 3. The Hall–Kier alpha value is -3.51. The molecule has 1 aromatic heterocycles. The van der Waals surface area contributed by atoms with Crippen molar-refractivity contribution in [3.63, 3.8) is 0 Å². The van der Waals surface area contributed by atoms with E-state index in [1.807, 2.05) is 19.9 Å². The number of ketones is 1. The van der Waals surface area contributed by atoms with Crippen molar-refractivity contribution >= 4 is 23.3 Å². The zero-order valence-electron chi connectivity index (χ0n) is 24.3. The maximum atomic E-state index is 14.4. The van der Waals surface area contributed by atoms with Gasteiger partial charge in [-0.1, -0.05) is 19.9 Å². The second kappa shape index (κ2) is 10.0. The summed E-state index contributed by atoms with van der Waals surface area (Å²) in [6.45, 7) is 6.03. The van der Waals surface area contributed by atoms with E-state index >= 15 is 0 Å². The van der Waals surface area contributed by atoms with Gasteiger partial charge in [-0.05, 0) is 61.8 Å². The highest BCUT2D eigenvalue weighted by Gasteiger charge is 2.62. The van der Waals surface area contributed by atoms with Crippen LogP contribution in [0.4, 0.5) is 23.2 Å². The minimum Gasteiger partial charge on any atom is -0.339 e. The number of aromatic nitrogens is 1. The third kappa shape index (κ3) is 4.79. The van der Waals surface area contributed by atoms with Crippen molar-refractivity contribution in [2.45, 2.75) is 82.5 Å². The molecule has 8 nitrogen and oxygen atoms in total. The fraction of sp³-hybridized carbons (Fsp3) is 0.516.